The van der Waals surface area contributed by atoms with Gasteiger partial charge in [0.25, 0.3) is 0 Å². The maximum atomic E-state index is 8.60. The molecule has 1 rings (SSSR count). The molecule has 0 unspecified atom stereocenters. The lowest BCUT2D eigenvalue weighted by Gasteiger charge is -2.29. The molecule has 1 aliphatic heterocycles. The summed E-state index contributed by atoms with van der Waals surface area (Å²) >= 11 is 1.84. The molecular weight excluding hydrogens is 146 g/mol. The molecule has 58 valence electrons. The van der Waals surface area contributed by atoms with E-state index in [2.05, 4.69) is 19.0 Å². The molecule has 10 heavy (non-hydrogen) atoms. The minimum absolute atomic E-state index is 0.125. The van der Waals surface area contributed by atoms with Crippen LogP contribution in [0.5, 0.6) is 0 Å². The predicted octanol–water partition coefficient (Wildman–Crippen LogP) is 1.98. The zero-order valence-corrected chi connectivity index (χ0v) is 7.24. The molecule has 0 aromatic carbocycles. The van der Waals surface area contributed by atoms with Gasteiger partial charge < -0.3 is 5.21 Å². The predicted molar refractivity (Wildman–Crippen MR) is 44.9 cm³/mol. The van der Waals surface area contributed by atoms with Gasteiger partial charge in [0.2, 0.25) is 0 Å². The van der Waals surface area contributed by atoms with Crippen LogP contribution in [0.1, 0.15) is 20.3 Å². The van der Waals surface area contributed by atoms with Gasteiger partial charge in [0.05, 0.1) is 5.71 Å². The van der Waals surface area contributed by atoms with Crippen molar-refractivity contribution in [3.8, 4) is 0 Å². The highest BCUT2D eigenvalue weighted by atomic mass is 32.2. The molecule has 2 nitrogen and oxygen atoms in total. The average Bonchev–Trinajstić information content (AvgIpc) is 1.87. The van der Waals surface area contributed by atoms with Crippen LogP contribution in [0.25, 0.3) is 0 Å². The Bertz CT molecular complexity index is 154. The van der Waals surface area contributed by atoms with Gasteiger partial charge >= 0.3 is 0 Å². The van der Waals surface area contributed by atoms with Gasteiger partial charge in [-0.25, -0.2) is 0 Å². The maximum Gasteiger partial charge on any atom is 0.0725 e. The molecule has 1 N–H and O–H groups in total. The van der Waals surface area contributed by atoms with Gasteiger partial charge in [0.1, 0.15) is 0 Å². The van der Waals surface area contributed by atoms with Gasteiger partial charge in [-0.2, -0.15) is 11.8 Å². The Morgan fingerprint density at radius 2 is 2.30 bits per heavy atom. The van der Waals surface area contributed by atoms with Crippen LogP contribution in [-0.4, -0.2) is 22.4 Å². The van der Waals surface area contributed by atoms with Crippen LogP contribution >= 0.6 is 11.8 Å². The van der Waals surface area contributed by atoms with Gasteiger partial charge in [0, 0.05) is 11.2 Å². The van der Waals surface area contributed by atoms with Crippen molar-refractivity contribution < 1.29 is 5.21 Å². The molecule has 0 aliphatic carbocycles. The molecule has 0 bridgehead atoms. The number of rotatable bonds is 0. The molecule has 1 aliphatic rings. The van der Waals surface area contributed by atoms with Gasteiger partial charge in [-0.15, -0.1) is 0 Å². The fourth-order valence-electron chi connectivity index (χ4n) is 1.00. The summed E-state index contributed by atoms with van der Waals surface area (Å²) in [4.78, 5) is 0. The van der Waals surface area contributed by atoms with Gasteiger partial charge in [0.15, 0.2) is 0 Å². The fraction of sp³-hybridized carbons (Fsp3) is 0.857. The van der Waals surface area contributed by atoms with Crippen molar-refractivity contribution in [2.24, 2.45) is 10.6 Å². The van der Waals surface area contributed by atoms with Crippen molar-refractivity contribution in [1.82, 2.24) is 0 Å². The topological polar surface area (TPSA) is 32.6 Å². The molecule has 1 saturated heterocycles. The first-order chi connectivity index (χ1) is 4.67. The van der Waals surface area contributed by atoms with Crippen molar-refractivity contribution in [3.05, 3.63) is 0 Å². The Kier molecular flexibility index (Phi) is 2.24. The highest BCUT2D eigenvalue weighted by molar-refractivity contribution is 8.00. The average molecular weight is 159 g/mol. The van der Waals surface area contributed by atoms with E-state index < -0.39 is 0 Å². The highest BCUT2D eigenvalue weighted by Crippen LogP contribution is 2.31. The summed E-state index contributed by atoms with van der Waals surface area (Å²) < 4.78 is 0. The van der Waals surface area contributed by atoms with Crippen molar-refractivity contribution in [2.75, 3.05) is 11.5 Å². The standard InChI is InChI=1S/C7H13NOS/c1-7(2)3-4-10-5-6(7)8-9/h9H,3-5H2,1-2H3/b8-6+. The van der Waals surface area contributed by atoms with Crippen molar-refractivity contribution in [1.29, 1.82) is 0 Å². The second-order valence-electron chi connectivity index (χ2n) is 3.23. The lowest BCUT2D eigenvalue weighted by atomic mass is 9.85. The third-order valence-electron chi connectivity index (χ3n) is 2.01. The number of hydrogen-bond acceptors (Lipinski definition) is 3. The third kappa shape index (κ3) is 1.45. The second kappa shape index (κ2) is 2.82. The zero-order chi connectivity index (χ0) is 7.61. The minimum Gasteiger partial charge on any atom is -0.411 e. The minimum atomic E-state index is 0.125. The summed E-state index contributed by atoms with van der Waals surface area (Å²) in [5, 5.41) is 11.9. The molecular formula is C7H13NOS. The van der Waals surface area contributed by atoms with Crippen molar-refractivity contribution in [3.63, 3.8) is 0 Å². The normalized spacial score (nSPS) is 28.8. The van der Waals surface area contributed by atoms with Crippen molar-refractivity contribution >= 4 is 17.5 Å². The summed E-state index contributed by atoms with van der Waals surface area (Å²) in [5.41, 5.74) is 1.06. The van der Waals surface area contributed by atoms with Crippen LogP contribution in [0, 0.1) is 5.41 Å². The summed E-state index contributed by atoms with van der Waals surface area (Å²) in [7, 11) is 0. The molecule has 0 atom stereocenters. The Morgan fingerprint density at radius 1 is 1.60 bits per heavy atom. The third-order valence-corrected chi connectivity index (χ3v) is 2.98. The lowest BCUT2D eigenvalue weighted by Crippen LogP contribution is -2.30. The van der Waals surface area contributed by atoms with Crippen LogP contribution in [0.2, 0.25) is 0 Å². The summed E-state index contributed by atoms with van der Waals surface area (Å²) in [6.07, 6.45) is 1.12. The number of hydrogen-bond donors (Lipinski definition) is 1. The van der Waals surface area contributed by atoms with E-state index in [1.165, 1.54) is 5.75 Å². The number of oxime groups is 1. The smallest absolute Gasteiger partial charge is 0.0725 e. The van der Waals surface area contributed by atoms with Crippen LogP contribution in [-0.2, 0) is 0 Å². The number of thioether (sulfide) groups is 1. The van der Waals surface area contributed by atoms with E-state index in [4.69, 9.17) is 5.21 Å². The summed E-state index contributed by atoms with van der Waals surface area (Å²) in [6.45, 7) is 4.25. The molecule has 1 heterocycles. The Hall–Kier alpha value is -0.180. The van der Waals surface area contributed by atoms with E-state index in [1.807, 2.05) is 11.8 Å². The molecule has 0 spiro atoms. The molecule has 3 heteroatoms. The van der Waals surface area contributed by atoms with E-state index >= 15 is 0 Å². The Balaban J connectivity index is 2.70. The quantitative estimate of drug-likeness (QED) is 0.433. The monoisotopic (exact) mass is 159 g/mol. The Morgan fingerprint density at radius 3 is 2.70 bits per heavy atom. The second-order valence-corrected chi connectivity index (χ2v) is 4.34. The van der Waals surface area contributed by atoms with Crippen LogP contribution in [0.4, 0.5) is 0 Å². The molecule has 0 aromatic heterocycles. The molecule has 0 radical (unpaired) electrons. The summed E-state index contributed by atoms with van der Waals surface area (Å²) in [5.74, 6) is 2.08. The first kappa shape index (κ1) is 7.92. The van der Waals surface area contributed by atoms with E-state index in [1.54, 1.807) is 0 Å². The van der Waals surface area contributed by atoms with E-state index in [-0.39, 0.29) is 5.41 Å². The SMILES string of the molecule is CC1(C)CCSC/C1=N\O. The first-order valence-electron chi connectivity index (χ1n) is 3.46. The van der Waals surface area contributed by atoms with Crippen LogP contribution in [0.3, 0.4) is 0 Å². The molecule has 0 aromatic rings. The van der Waals surface area contributed by atoms with Gasteiger partial charge in [-0.3, -0.25) is 0 Å². The van der Waals surface area contributed by atoms with Gasteiger partial charge in [-0.05, 0) is 12.2 Å². The van der Waals surface area contributed by atoms with Crippen LogP contribution < -0.4 is 0 Å². The van der Waals surface area contributed by atoms with E-state index in [0.29, 0.717) is 0 Å². The molecule has 0 amide bonds. The largest absolute Gasteiger partial charge is 0.411 e. The Labute approximate surface area is 65.7 Å². The van der Waals surface area contributed by atoms with E-state index in [0.717, 1.165) is 17.9 Å². The molecule has 1 fully saturated rings. The lowest BCUT2D eigenvalue weighted by molar-refractivity contribution is 0.307. The zero-order valence-electron chi connectivity index (χ0n) is 6.42. The van der Waals surface area contributed by atoms with Gasteiger partial charge in [-0.1, -0.05) is 19.0 Å². The summed E-state index contributed by atoms with van der Waals surface area (Å²) in [6, 6.07) is 0. The molecule has 0 saturated carbocycles. The fourth-order valence-corrected chi connectivity index (χ4v) is 2.44. The van der Waals surface area contributed by atoms with Crippen LogP contribution in [0.15, 0.2) is 5.16 Å². The maximum absolute atomic E-state index is 8.60. The highest BCUT2D eigenvalue weighted by Gasteiger charge is 2.28. The van der Waals surface area contributed by atoms with Crippen molar-refractivity contribution in [2.45, 2.75) is 20.3 Å². The van der Waals surface area contributed by atoms with E-state index in [9.17, 15) is 0 Å². The first-order valence-corrected chi connectivity index (χ1v) is 4.61. The number of nitrogens with zero attached hydrogens (tertiary/aromatic N) is 1.